The minimum absolute atomic E-state index is 0.0123. The van der Waals surface area contributed by atoms with Crippen LogP contribution in [0.15, 0.2) is 42.5 Å². The second-order valence-electron chi connectivity index (χ2n) is 5.04. The number of fused-ring (bicyclic) bond motifs is 1. The Balaban J connectivity index is 2.00. The summed E-state index contributed by atoms with van der Waals surface area (Å²) in [6.45, 7) is 2.15. The first-order valence-electron chi connectivity index (χ1n) is 7.37. The van der Waals surface area contributed by atoms with Gasteiger partial charge in [0.1, 0.15) is 0 Å². The maximum absolute atomic E-state index is 12.8. The van der Waals surface area contributed by atoms with E-state index in [1.165, 1.54) is 0 Å². The molecular formula is C18H16O5. The van der Waals surface area contributed by atoms with Gasteiger partial charge in [-0.05, 0) is 24.6 Å². The summed E-state index contributed by atoms with van der Waals surface area (Å²) in [7, 11) is 0. The largest absolute Gasteiger partial charge is 0.466 e. The fourth-order valence-corrected chi connectivity index (χ4v) is 2.45. The van der Waals surface area contributed by atoms with E-state index in [0.29, 0.717) is 34.8 Å². The number of rotatable bonds is 5. The third-order valence-electron chi connectivity index (χ3n) is 3.52. The van der Waals surface area contributed by atoms with Crippen molar-refractivity contribution in [3.05, 3.63) is 59.2 Å². The number of carbonyl (C=O) groups excluding carboxylic acids is 2. The second kappa shape index (κ2) is 6.52. The van der Waals surface area contributed by atoms with Gasteiger partial charge in [0.15, 0.2) is 17.3 Å². The Morgan fingerprint density at radius 1 is 1.09 bits per heavy atom. The van der Waals surface area contributed by atoms with E-state index in [4.69, 9.17) is 14.2 Å². The van der Waals surface area contributed by atoms with E-state index < -0.39 is 0 Å². The number of ether oxygens (including phenoxy) is 3. The number of benzene rings is 2. The van der Waals surface area contributed by atoms with E-state index in [1.54, 1.807) is 43.3 Å². The van der Waals surface area contributed by atoms with Gasteiger partial charge in [-0.25, -0.2) is 0 Å². The lowest BCUT2D eigenvalue weighted by Gasteiger charge is -2.10. The summed E-state index contributed by atoms with van der Waals surface area (Å²) in [5.74, 6) is 0.502. The Hall–Kier alpha value is -2.82. The third kappa shape index (κ3) is 3.18. The third-order valence-corrected chi connectivity index (χ3v) is 3.52. The van der Waals surface area contributed by atoms with Crippen LogP contribution in [0, 0.1) is 0 Å². The zero-order chi connectivity index (χ0) is 16.2. The highest BCUT2D eigenvalue weighted by molar-refractivity contribution is 6.10. The normalized spacial score (nSPS) is 12.0. The Morgan fingerprint density at radius 3 is 2.48 bits per heavy atom. The van der Waals surface area contributed by atoms with E-state index in [1.807, 2.05) is 6.07 Å². The molecule has 2 aromatic rings. The molecule has 0 aliphatic carbocycles. The van der Waals surface area contributed by atoms with E-state index in [0.717, 1.165) is 0 Å². The molecule has 0 aromatic heterocycles. The van der Waals surface area contributed by atoms with Crippen LogP contribution >= 0.6 is 0 Å². The standard InChI is InChI=1S/C18H16O5/c1-2-21-17(19)9-13-8-15-16(23-11-22-15)10-14(13)18(20)12-6-4-3-5-7-12/h3-8,10H,2,9,11H2,1H3. The van der Waals surface area contributed by atoms with Crippen molar-refractivity contribution in [3.8, 4) is 11.5 Å². The highest BCUT2D eigenvalue weighted by Gasteiger charge is 2.23. The lowest BCUT2D eigenvalue weighted by Crippen LogP contribution is -2.12. The molecule has 0 amide bonds. The van der Waals surface area contributed by atoms with Crippen LogP contribution in [0.25, 0.3) is 0 Å². The number of esters is 1. The van der Waals surface area contributed by atoms with Crippen molar-refractivity contribution >= 4 is 11.8 Å². The molecule has 1 heterocycles. The second-order valence-corrected chi connectivity index (χ2v) is 5.04. The molecule has 0 N–H and O–H groups in total. The minimum atomic E-state index is -0.381. The van der Waals surface area contributed by atoms with Crippen LogP contribution in [0.3, 0.4) is 0 Å². The average molecular weight is 312 g/mol. The number of ketones is 1. The monoisotopic (exact) mass is 312 g/mol. The smallest absolute Gasteiger partial charge is 0.310 e. The maximum Gasteiger partial charge on any atom is 0.310 e. The van der Waals surface area contributed by atoms with Crippen LogP contribution in [-0.2, 0) is 16.0 Å². The quantitative estimate of drug-likeness (QED) is 0.627. The number of carbonyl (C=O) groups is 2. The highest BCUT2D eigenvalue weighted by atomic mass is 16.7. The summed E-state index contributed by atoms with van der Waals surface area (Å²) >= 11 is 0. The first kappa shape index (κ1) is 15.1. The van der Waals surface area contributed by atoms with Gasteiger partial charge in [0, 0.05) is 11.1 Å². The van der Waals surface area contributed by atoms with Gasteiger partial charge in [0.05, 0.1) is 13.0 Å². The Kier molecular flexibility index (Phi) is 4.28. The van der Waals surface area contributed by atoms with E-state index >= 15 is 0 Å². The topological polar surface area (TPSA) is 61.8 Å². The molecule has 118 valence electrons. The first-order chi connectivity index (χ1) is 11.2. The molecule has 0 atom stereocenters. The summed E-state index contributed by atoms with van der Waals surface area (Å²) in [6.07, 6.45) is 0.0123. The summed E-state index contributed by atoms with van der Waals surface area (Å²) < 4.78 is 15.7. The van der Waals surface area contributed by atoms with E-state index in [-0.39, 0.29) is 25.0 Å². The van der Waals surface area contributed by atoms with Crippen LogP contribution in [0.2, 0.25) is 0 Å². The molecule has 0 fully saturated rings. The lowest BCUT2D eigenvalue weighted by atomic mass is 9.96. The number of hydrogen-bond donors (Lipinski definition) is 0. The zero-order valence-electron chi connectivity index (χ0n) is 12.7. The summed E-state index contributed by atoms with van der Waals surface area (Å²) in [6, 6.07) is 12.2. The van der Waals surface area contributed by atoms with Crippen molar-refractivity contribution in [3.63, 3.8) is 0 Å². The summed E-state index contributed by atoms with van der Waals surface area (Å²) in [4.78, 5) is 24.6. The Morgan fingerprint density at radius 2 is 1.78 bits per heavy atom. The van der Waals surface area contributed by atoms with Crippen molar-refractivity contribution in [2.45, 2.75) is 13.3 Å². The van der Waals surface area contributed by atoms with Gasteiger partial charge in [-0.3, -0.25) is 9.59 Å². The van der Waals surface area contributed by atoms with Crippen LogP contribution in [0.5, 0.6) is 11.5 Å². The molecule has 2 aromatic carbocycles. The van der Waals surface area contributed by atoms with Crippen LogP contribution in [0.4, 0.5) is 0 Å². The molecule has 0 spiro atoms. The number of hydrogen-bond acceptors (Lipinski definition) is 5. The molecule has 1 aliphatic rings. The molecule has 0 unspecified atom stereocenters. The Labute approximate surface area is 133 Å². The molecule has 1 aliphatic heterocycles. The highest BCUT2D eigenvalue weighted by Crippen LogP contribution is 2.36. The van der Waals surface area contributed by atoms with Gasteiger partial charge in [0.2, 0.25) is 6.79 Å². The van der Waals surface area contributed by atoms with E-state index in [9.17, 15) is 9.59 Å². The first-order valence-corrected chi connectivity index (χ1v) is 7.37. The van der Waals surface area contributed by atoms with Crippen molar-refractivity contribution in [1.82, 2.24) is 0 Å². The van der Waals surface area contributed by atoms with Gasteiger partial charge in [-0.1, -0.05) is 30.3 Å². The lowest BCUT2D eigenvalue weighted by molar-refractivity contribution is -0.142. The Bertz CT molecular complexity index is 737. The summed E-state index contributed by atoms with van der Waals surface area (Å²) in [5.41, 5.74) is 1.55. The molecule has 23 heavy (non-hydrogen) atoms. The molecule has 0 saturated carbocycles. The molecule has 3 rings (SSSR count). The fraction of sp³-hybridized carbons (Fsp3) is 0.222. The minimum Gasteiger partial charge on any atom is -0.466 e. The van der Waals surface area contributed by atoms with Gasteiger partial charge >= 0.3 is 5.97 Å². The molecule has 5 heteroatoms. The molecule has 0 bridgehead atoms. The van der Waals surface area contributed by atoms with Gasteiger partial charge in [-0.15, -0.1) is 0 Å². The predicted octanol–water partition coefficient (Wildman–Crippen LogP) is 2.75. The predicted molar refractivity (Wildman–Crippen MR) is 82.8 cm³/mol. The van der Waals surface area contributed by atoms with Crippen molar-refractivity contribution in [2.24, 2.45) is 0 Å². The van der Waals surface area contributed by atoms with E-state index in [2.05, 4.69) is 0 Å². The average Bonchev–Trinajstić information content (AvgIpc) is 3.02. The van der Waals surface area contributed by atoms with Crippen LogP contribution in [-0.4, -0.2) is 25.2 Å². The SMILES string of the molecule is CCOC(=O)Cc1cc2c(cc1C(=O)c1ccccc1)OCO2. The molecular weight excluding hydrogens is 296 g/mol. The van der Waals surface area contributed by atoms with Gasteiger partial charge < -0.3 is 14.2 Å². The molecule has 0 saturated heterocycles. The summed E-state index contributed by atoms with van der Waals surface area (Å²) in [5, 5.41) is 0. The van der Waals surface area contributed by atoms with Crippen molar-refractivity contribution in [1.29, 1.82) is 0 Å². The molecule has 5 nitrogen and oxygen atoms in total. The van der Waals surface area contributed by atoms with Gasteiger partial charge in [0.25, 0.3) is 0 Å². The fourth-order valence-electron chi connectivity index (χ4n) is 2.45. The maximum atomic E-state index is 12.8. The molecule has 0 radical (unpaired) electrons. The zero-order valence-corrected chi connectivity index (χ0v) is 12.7. The van der Waals surface area contributed by atoms with Crippen LogP contribution < -0.4 is 9.47 Å². The van der Waals surface area contributed by atoms with Crippen molar-refractivity contribution in [2.75, 3.05) is 13.4 Å². The van der Waals surface area contributed by atoms with Crippen LogP contribution in [0.1, 0.15) is 28.4 Å². The van der Waals surface area contributed by atoms with Crippen molar-refractivity contribution < 1.29 is 23.8 Å². The van der Waals surface area contributed by atoms with Gasteiger partial charge in [-0.2, -0.15) is 0 Å².